The van der Waals surface area contributed by atoms with Crippen LogP contribution in [-0.2, 0) is 4.79 Å². The van der Waals surface area contributed by atoms with E-state index in [1.165, 1.54) is 13.3 Å². The summed E-state index contributed by atoms with van der Waals surface area (Å²) in [6.45, 7) is 5.94. The van der Waals surface area contributed by atoms with Gasteiger partial charge in [-0.15, -0.1) is 0 Å². The third kappa shape index (κ3) is 4.33. The third-order valence-electron chi connectivity index (χ3n) is 4.66. The molecule has 3 unspecified atom stereocenters. The summed E-state index contributed by atoms with van der Waals surface area (Å²) >= 11 is 0. The molecular formula is C18H25NO3. The fourth-order valence-electron chi connectivity index (χ4n) is 2.99. The monoisotopic (exact) mass is 303 g/mol. The van der Waals surface area contributed by atoms with Crippen LogP contribution >= 0.6 is 0 Å². The van der Waals surface area contributed by atoms with Gasteiger partial charge in [0.2, 0.25) is 0 Å². The van der Waals surface area contributed by atoms with Gasteiger partial charge in [0.25, 0.3) is 5.91 Å². The van der Waals surface area contributed by atoms with Crippen molar-refractivity contribution in [3.8, 4) is 5.75 Å². The number of benzene rings is 1. The Kier molecular flexibility index (Phi) is 5.58. The van der Waals surface area contributed by atoms with Gasteiger partial charge in [-0.05, 0) is 37.3 Å². The Bertz CT molecular complexity index is 541. The van der Waals surface area contributed by atoms with E-state index in [0.717, 1.165) is 12.8 Å². The standard InChI is InChI=1S/C18H25NO3/c1-12-6-4-9-17(13(12)2)19-18(21)11-22-16-8-5-7-15(10-16)14(3)20/h5,7-8,10,12-13,17H,4,6,9,11H2,1-3H3,(H,19,21). The maximum Gasteiger partial charge on any atom is 0.258 e. The Labute approximate surface area is 132 Å². The van der Waals surface area contributed by atoms with Gasteiger partial charge in [0.1, 0.15) is 5.75 Å². The van der Waals surface area contributed by atoms with Crippen LogP contribution in [-0.4, -0.2) is 24.3 Å². The molecule has 0 aromatic heterocycles. The van der Waals surface area contributed by atoms with E-state index >= 15 is 0 Å². The minimum Gasteiger partial charge on any atom is -0.484 e. The zero-order chi connectivity index (χ0) is 16.1. The van der Waals surface area contributed by atoms with Crippen LogP contribution in [0.2, 0.25) is 0 Å². The molecule has 1 aliphatic carbocycles. The molecule has 1 aliphatic rings. The summed E-state index contributed by atoms with van der Waals surface area (Å²) in [5.74, 6) is 1.58. The van der Waals surface area contributed by atoms with Crippen molar-refractivity contribution >= 4 is 11.7 Å². The van der Waals surface area contributed by atoms with E-state index in [2.05, 4.69) is 19.2 Å². The maximum absolute atomic E-state index is 12.1. The number of carbonyl (C=O) groups is 2. The van der Waals surface area contributed by atoms with Crippen molar-refractivity contribution in [2.75, 3.05) is 6.61 Å². The smallest absolute Gasteiger partial charge is 0.258 e. The molecule has 2 rings (SSSR count). The quantitative estimate of drug-likeness (QED) is 0.850. The van der Waals surface area contributed by atoms with Gasteiger partial charge in [0, 0.05) is 11.6 Å². The number of carbonyl (C=O) groups excluding carboxylic acids is 2. The summed E-state index contributed by atoms with van der Waals surface area (Å²) in [5, 5.41) is 3.08. The van der Waals surface area contributed by atoms with Gasteiger partial charge in [-0.1, -0.05) is 38.8 Å². The predicted octanol–water partition coefficient (Wildman–Crippen LogP) is 3.21. The fourth-order valence-corrected chi connectivity index (χ4v) is 2.99. The van der Waals surface area contributed by atoms with Crippen molar-refractivity contribution in [1.29, 1.82) is 0 Å². The Balaban J connectivity index is 1.85. The molecule has 3 atom stereocenters. The number of amides is 1. The maximum atomic E-state index is 12.1. The van der Waals surface area contributed by atoms with E-state index in [1.807, 2.05) is 0 Å². The molecule has 0 heterocycles. The molecule has 22 heavy (non-hydrogen) atoms. The van der Waals surface area contributed by atoms with Crippen molar-refractivity contribution in [3.63, 3.8) is 0 Å². The first-order valence-electron chi connectivity index (χ1n) is 8.00. The number of hydrogen-bond acceptors (Lipinski definition) is 3. The molecule has 0 bridgehead atoms. The molecule has 0 spiro atoms. The number of nitrogens with one attached hydrogen (secondary N) is 1. The summed E-state index contributed by atoms with van der Waals surface area (Å²) in [4.78, 5) is 23.4. The lowest BCUT2D eigenvalue weighted by atomic mass is 9.78. The molecule has 0 aliphatic heterocycles. The fraction of sp³-hybridized carbons (Fsp3) is 0.556. The third-order valence-corrected chi connectivity index (χ3v) is 4.66. The summed E-state index contributed by atoms with van der Waals surface area (Å²) in [7, 11) is 0. The van der Waals surface area contributed by atoms with Gasteiger partial charge in [-0.3, -0.25) is 9.59 Å². The molecule has 4 nitrogen and oxygen atoms in total. The Morgan fingerprint density at radius 1 is 1.27 bits per heavy atom. The number of ether oxygens (including phenoxy) is 1. The summed E-state index contributed by atoms with van der Waals surface area (Å²) < 4.78 is 5.50. The summed E-state index contributed by atoms with van der Waals surface area (Å²) in [6, 6.07) is 7.16. The highest BCUT2D eigenvalue weighted by molar-refractivity contribution is 5.94. The molecule has 0 saturated heterocycles. The number of Topliss-reactive ketones (excluding diaryl/α,β-unsaturated/α-hetero) is 1. The minimum absolute atomic E-state index is 0.0140. The normalized spacial score (nSPS) is 24.6. The highest BCUT2D eigenvalue weighted by Crippen LogP contribution is 2.29. The summed E-state index contributed by atoms with van der Waals surface area (Å²) in [5.41, 5.74) is 0.590. The van der Waals surface area contributed by atoms with Crippen LogP contribution in [0.4, 0.5) is 0 Å². The number of ketones is 1. The lowest BCUT2D eigenvalue weighted by molar-refractivity contribution is -0.124. The highest BCUT2D eigenvalue weighted by Gasteiger charge is 2.28. The molecule has 0 radical (unpaired) electrons. The van der Waals surface area contributed by atoms with E-state index < -0.39 is 0 Å². The lowest BCUT2D eigenvalue weighted by Gasteiger charge is -2.34. The number of rotatable bonds is 5. The van der Waals surface area contributed by atoms with Crippen molar-refractivity contribution < 1.29 is 14.3 Å². The second-order valence-electron chi connectivity index (χ2n) is 6.31. The van der Waals surface area contributed by atoms with Crippen LogP contribution in [0.15, 0.2) is 24.3 Å². The zero-order valence-electron chi connectivity index (χ0n) is 13.6. The van der Waals surface area contributed by atoms with E-state index in [9.17, 15) is 9.59 Å². The first-order chi connectivity index (χ1) is 10.5. The van der Waals surface area contributed by atoms with Gasteiger partial charge in [0.15, 0.2) is 12.4 Å². The first kappa shape index (κ1) is 16.5. The highest BCUT2D eigenvalue weighted by atomic mass is 16.5. The lowest BCUT2D eigenvalue weighted by Crippen LogP contribution is -2.45. The molecule has 120 valence electrons. The van der Waals surface area contributed by atoms with Gasteiger partial charge in [-0.25, -0.2) is 0 Å². The second kappa shape index (κ2) is 7.43. The van der Waals surface area contributed by atoms with Crippen molar-refractivity contribution in [2.24, 2.45) is 11.8 Å². The molecule has 1 aromatic carbocycles. The Morgan fingerprint density at radius 2 is 2.05 bits per heavy atom. The zero-order valence-corrected chi connectivity index (χ0v) is 13.6. The van der Waals surface area contributed by atoms with Gasteiger partial charge in [0.05, 0.1) is 0 Å². The molecule has 1 amide bonds. The van der Waals surface area contributed by atoms with Crippen LogP contribution in [0.5, 0.6) is 5.75 Å². The van der Waals surface area contributed by atoms with E-state index in [-0.39, 0.29) is 24.3 Å². The Morgan fingerprint density at radius 3 is 2.77 bits per heavy atom. The Hall–Kier alpha value is -1.84. The van der Waals surface area contributed by atoms with Crippen LogP contribution in [0, 0.1) is 11.8 Å². The largest absolute Gasteiger partial charge is 0.484 e. The topological polar surface area (TPSA) is 55.4 Å². The van der Waals surface area contributed by atoms with Gasteiger partial charge < -0.3 is 10.1 Å². The van der Waals surface area contributed by atoms with Crippen LogP contribution in [0.25, 0.3) is 0 Å². The molecular weight excluding hydrogens is 278 g/mol. The van der Waals surface area contributed by atoms with E-state index in [4.69, 9.17) is 4.74 Å². The molecule has 1 saturated carbocycles. The van der Waals surface area contributed by atoms with E-state index in [1.54, 1.807) is 24.3 Å². The molecule has 1 fully saturated rings. The minimum atomic E-state index is -0.0980. The molecule has 1 N–H and O–H groups in total. The van der Waals surface area contributed by atoms with E-state index in [0.29, 0.717) is 23.1 Å². The van der Waals surface area contributed by atoms with Gasteiger partial charge in [-0.2, -0.15) is 0 Å². The van der Waals surface area contributed by atoms with Crippen molar-refractivity contribution in [2.45, 2.75) is 46.1 Å². The first-order valence-corrected chi connectivity index (χ1v) is 8.00. The van der Waals surface area contributed by atoms with Crippen LogP contribution in [0.3, 0.4) is 0 Å². The summed E-state index contributed by atoms with van der Waals surface area (Å²) in [6.07, 6.45) is 3.44. The SMILES string of the molecule is CC(=O)c1cccc(OCC(=O)NC2CCCC(C)C2C)c1. The number of hydrogen-bond donors (Lipinski definition) is 1. The second-order valence-corrected chi connectivity index (χ2v) is 6.31. The van der Waals surface area contributed by atoms with Crippen LogP contribution < -0.4 is 10.1 Å². The van der Waals surface area contributed by atoms with Crippen molar-refractivity contribution in [1.82, 2.24) is 5.32 Å². The van der Waals surface area contributed by atoms with Gasteiger partial charge >= 0.3 is 0 Å². The molecule has 1 aromatic rings. The van der Waals surface area contributed by atoms with Crippen LogP contribution in [0.1, 0.15) is 50.4 Å². The average molecular weight is 303 g/mol. The molecule has 4 heteroatoms. The predicted molar refractivity (Wildman–Crippen MR) is 86.1 cm³/mol. The van der Waals surface area contributed by atoms with Crippen molar-refractivity contribution in [3.05, 3.63) is 29.8 Å². The average Bonchev–Trinajstić information content (AvgIpc) is 2.50.